The molecule has 2 aromatic carbocycles. The number of para-hydroxylation sites is 2. The van der Waals surface area contributed by atoms with Gasteiger partial charge in [0.1, 0.15) is 0 Å². The second kappa shape index (κ2) is 6.82. The predicted octanol–water partition coefficient (Wildman–Crippen LogP) is 4.56. The molecule has 0 aliphatic rings. The maximum absolute atomic E-state index is 5.89. The van der Waals surface area contributed by atoms with Crippen LogP contribution in [0.4, 0.5) is 11.4 Å². The summed E-state index contributed by atoms with van der Waals surface area (Å²) >= 11 is 0. The van der Waals surface area contributed by atoms with Gasteiger partial charge in [-0.2, -0.15) is 0 Å². The average molecular weight is 241 g/mol. The lowest BCUT2D eigenvalue weighted by Gasteiger charge is -2.23. The highest BCUT2D eigenvalue weighted by Crippen LogP contribution is 2.25. The third kappa shape index (κ3) is 3.34. The van der Waals surface area contributed by atoms with Crippen LogP contribution >= 0.6 is 0 Å². The lowest BCUT2D eigenvalue weighted by Crippen LogP contribution is -2.18. The Kier molecular flexibility index (Phi) is 4.79. The molecule has 2 heteroatoms. The standard InChI is InChI=1S/C16H19NO/c1-2-3-14-18-17(15-10-6-4-7-11-15)16-12-8-5-9-13-16/h4-13H,2-3,14H2,1H3. The smallest absolute Gasteiger partial charge is 0.0753 e. The van der Waals surface area contributed by atoms with Crippen molar-refractivity contribution >= 4 is 11.4 Å². The van der Waals surface area contributed by atoms with Crippen LogP contribution in [-0.4, -0.2) is 6.61 Å². The maximum Gasteiger partial charge on any atom is 0.0753 e. The number of benzene rings is 2. The van der Waals surface area contributed by atoms with Crippen molar-refractivity contribution in [2.45, 2.75) is 19.8 Å². The molecule has 0 aliphatic carbocycles. The molecule has 0 saturated carbocycles. The Morgan fingerprint density at radius 2 is 1.33 bits per heavy atom. The van der Waals surface area contributed by atoms with E-state index in [1.165, 1.54) is 0 Å². The summed E-state index contributed by atoms with van der Waals surface area (Å²) in [5, 5.41) is 1.90. The molecule has 0 radical (unpaired) electrons. The van der Waals surface area contributed by atoms with Gasteiger partial charge in [-0.1, -0.05) is 49.7 Å². The summed E-state index contributed by atoms with van der Waals surface area (Å²) in [6.45, 7) is 2.90. The van der Waals surface area contributed by atoms with E-state index in [4.69, 9.17) is 4.84 Å². The van der Waals surface area contributed by atoms with Crippen molar-refractivity contribution in [3.63, 3.8) is 0 Å². The minimum absolute atomic E-state index is 0.736. The summed E-state index contributed by atoms with van der Waals surface area (Å²) in [6, 6.07) is 20.3. The molecule has 0 fully saturated rings. The summed E-state index contributed by atoms with van der Waals surface area (Å²) in [4.78, 5) is 5.89. The van der Waals surface area contributed by atoms with Gasteiger partial charge in [-0.3, -0.25) is 4.84 Å². The van der Waals surface area contributed by atoms with Crippen LogP contribution < -0.4 is 5.06 Å². The molecule has 0 spiro atoms. The van der Waals surface area contributed by atoms with Crippen LogP contribution in [0.5, 0.6) is 0 Å². The van der Waals surface area contributed by atoms with Crippen LogP contribution in [0.15, 0.2) is 60.7 Å². The first-order valence-corrected chi connectivity index (χ1v) is 6.45. The molecule has 0 aromatic heterocycles. The Morgan fingerprint density at radius 1 is 0.833 bits per heavy atom. The molecule has 94 valence electrons. The highest BCUT2D eigenvalue weighted by Gasteiger charge is 2.08. The Hall–Kier alpha value is -1.80. The molecule has 18 heavy (non-hydrogen) atoms. The first-order chi connectivity index (χ1) is 8.92. The van der Waals surface area contributed by atoms with Gasteiger partial charge in [0.2, 0.25) is 0 Å². The number of unbranched alkanes of at least 4 members (excludes halogenated alkanes) is 1. The average Bonchev–Trinajstić information content (AvgIpc) is 2.46. The van der Waals surface area contributed by atoms with E-state index >= 15 is 0 Å². The quantitative estimate of drug-likeness (QED) is 0.543. The molecule has 0 saturated heterocycles. The molecule has 2 aromatic rings. The van der Waals surface area contributed by atoms with E-state index in [2.05, 4.69) is 31.2 Å². The van der Waals surface area contributed by atoms with E-state index in [-0.39, 0.29) is 0 Å². The number of anilines is 2. The largest absolute Gasteiger partial charge is 0.269 e. The van der Waals surface area contributed by atoms with Gasteiger partial charge in [-0.15, -0.1) is 0 Å². The second-order valence-corrected chi connectivity index (χ2v) is 4.15. The monoisotopic (exact) mass is 241 g/mol. The fourth-order valence-electron chi connectivity index (χ4n) is 1.73. The highest BCUT2D eigenvalue weighted by atomic mass is 16.7. The molecule has 0 aliphatic heterocycles. The van der Waals surface area contributed by atoms with Crippen molar-refractivity contribution in [2.24, 2.45) is 0 Å². The number of hydrogen-bond donors (Lipinski definition) is 0. The van der Waals surface area contributed by atoms with E-state index in [1.807, 2.05) is 41.5 Å². The van der Waals surface area contributed by atoms with Crippen molar-refractivity contribution in [2.75, 3.05) is 11.7 Å². The second-order valence-electron chi connectivity index (χ2n) is 4.15. The normalized spacial score (nSPS) is 10.3. The number of hydrogen-bond acceptors (Lipinski definition) is 2. The molecule has 2 nitrogen and oxygen atoms in total. The molecule has 0 N–H and O–H groups in total. The Labute approximate surface area is 109 Å². The van der Waals surface area contributed by atoms with E-state index in [0.717, 1.165) is 30.8 Å². The number of nitrogens with zero attached hydrogens (tertiary/aromatic N) is 1. The SMILES string of the molecule is CCCCON(c1ccccc1)c1ccccc1. The molecule has 0 amide bonds. The minimum atomic E-state index is 0.736. The van der Waals surface area contributed by atoms with Crippen LogP contribution in [0.1, 0.15) is 19.8 Å². The Bertz CT molecular complexity index is 402. The summed E-state index contributed by atoms with van der Waals surface area (Å²) in [5.41, 5.74) is 2.11. The third-order valence-corrected chi connectivity index (χ3v) is 2.70. The van der Waals surface area contributed by atoms with Gasteiger partial charge < -0.3 is 0 Å². The molecular formula is C16H19NO. The van der Waals surface area contributed by atoms with Crippen molar-refractivity contribution in [1.82, 2.24) is 0 Å². The van der Waals surface area contributed by atoms with Crippen LogP contribution in [0.25, 0.3) is 0 Å². The van der Waals surface area contributed by atoms with Gasteiger partial charge in [0, 0.05) is 0 Å². The molecular weight excluding hydrogens is 222 g/mol. The zero-order valence-electron chi connectivity index (χ0n) is 10.8. The van der Waals surface area contributed by atoms with Gasteiger partial charge in [0.05, 0.1) is 18.0 Å². The zero-order chi connectivity index (χ0) is 12.6. The van der Waals surface area contributed by atoms with Crippen molar-refractivity contribution in [1.29, 1.82) is 0 Å². The first kappa shape index (κ1) is 12.7. The number of rotatable bonds is 6. The van der Waals surface area contributed by atoms with E-state index in [9.17, 15) is 0 Å². The van der Waals surface area contributed by atoms with Gasteiger partial charge in [0.15, 0.2) is 0 Å². The Morgan fingerprint density at radius 3 is 1.78 bits per heavy atom. The van der Waals surface area contributed by atoms with E-state index in [0.29, 0.717) is 0 Å². The van der Waals surface area contributed by atoms with Crippen molar-refractivity contribution in [3.8, 4) is 0 Å². The molecule has 0 heterocycles. The molecule has 0 bridgehead atoms. The van der Waals surface area contributed by atoms with Crippen molar-refractivity contribution < 1.29 is 4.84 Å². The van der Waals surface area contributed by atoms with E-state index in [1.54, 1.807) is 0 Å². The fraction of sp³-hybridized carbons (Fsp3) is 0.250. The Balaban J connectivity index is 2.18. The van der Waals surface area contributed by atoms with Gasteiger partial charge in [-0.25, -0.2) is 5.06 Å². The first-order valence-electron chi connectivity index (χ1n) is 6.45. The van der Waals surface area contributed by atoms with Gasteiger partial charge >= 0.3 is 0 Å². The fourth-order valence-corrected chi connectivity index (χ4v) is 1.73. The van der Waals surface area contributed by atoms with Gasteiger partial charge in [-0.05, 0) is 30.7 Å². The van der Waals surface area contributed by atoms with Crippen LogP contribution in [0.2, 0.25) is 0 Å². The summed E-state index contributed by atoms with van der Waals surface area (Å²) in [7, 11) is 0. The predicted molar refractivity (Wildman–Crippen MR) is 75.9 cm³/mol. The lowest BCUT2D eigenvalue weighted by molar-refractivity contribution is 0.133. The van der Waals surface area contributed by atoms with Crippen LogP contribution in [0.3, 0.4) is 0 Å². The maximum atomic E-state index is 5.89. The van der Waals surface area contributed by atoms with Crippen molar-refractivity contribution in [3.05, 3.63) is 60.7 Å². The summed E-state index contributed by atoms with van der Waals surface area (Å²) < 4.78 is 0. The summed E-state index contributed by atoms with van der Waals surface area (Å²) in [5.74, 6) is 0. The van der Waals surface area contributed by atoms with Gasteiger partial charge in [0.25, 0.3) is 0 Å². The third-order valence-electron chi connectivity index (χ3n) is 2.70. The minimum Gasteiger partial charge on any atom is -0.269 e. The zero-order valence-corrected chi connectivity index (χ0v) is 10.8. The molecule has 2 rings (SSSR count). The summed E-state index contributed by atoms with van der Waals surface area (Å²) in [6.07, 6.45) is 2.20. The highest BCUT2D eigenvalue weighted by molar-refractivity contribution is 5.59. The lowest BCUT2D eigenvalue weighted by atomic mass is 10.2. The van der Waals surface area contributed by atoms with E-state index < -0.39 is 0 Å². The topological polar surface area (TPSA) is 12.5 Å². The molecule has 0 atom stereocenters. The van der Waals surface area contributed by atoms with Crippen LogP contribution in [0, 0.1) is 0 Å². The molecule has 0 unspecified atom stereocenters. The van der Waals surface area contributed by atoms with Crippen LogP contribution in [-0.2, 0) is 4.84 Å².